The highest BCUT2D eigenvalue weighted by Crippen LogP contribution is 2.23. The first-order valence-corrected chi connectivity index (χ1v) is 7.80. The maximum atomic E-state index is 13.0. The highest BCUT2D eigenvalue weighted by molar-refractivity contribution is 6.12. The normalized spacial score (nSPS) is 12.2. The molecule has 0 saturated heterocycles. The van der Waals surface area contributed by atoms with Crippen molar-refractivity contribution in [3.05, 3.63) is 40.8 Å². The van der Waals surface area contributed by atoms with Gasteiger partial charge < -0.3 is 0 Å². The van der Waals surface area contributed by atoms with Crippen LogP contribution in [0, 0.1) is 10.8 Å². The highest BCUT2D eigenvalue weighted by Gasteiger charge is 2.39. The fourth-order valence-corrected chi connectivity index (χ4v) is 2.16. The standard InChI is InChI=1S/C18H23N3O3/c1-17(2,3)15(23)21(16(24)18(4,5)6)20-13(22)10-9-12-8-7-11-19-14(12)20/h7-11H,1-6H3. The Balaban J connectivity index is 2.83. The maximum Gasteiger partial charge on any atom is 0.271 e. The summed E-state index contributed by atoms with van der Waals surface area (Å²) in [4.78, 5) is 42.7. The Labute approximate surface area is 141 Å². The van der Waals surface area contributed by atoms with E-state index in [0.717, 1.165) is 9.69 Å². The van der Waals surface area contributed by atoms with E-state index in [-0.39, 0.29) is 5.65 Å². The van der Waals surface area contributed by atoms with E-state index in [9.17, 15) is 14.4 Å². The number of carbonyl (C=O) groups is 2. The summed E-state index contributed by atoms with van der Waals surface area (Å²) in [6.45, 7) is 10.3. The Morgan fingerprint density at radius 2 is 1.50 bits per heavy atom. The zero-order valence-electron chi connectivity index (χ0n) is 15.0. The Bertz CT molecular complexity index is 828. The molecule has 2 aromatic rings. The Morgan fingerprint density at radius 3 is 2.00 bits per heavy atom. The molecule has 0 aliphatic heterocycles. The molecule has 6 nitrogen and oxygen atoms in total. The van der Waals surface area contributed by atoms with Crippen molar-refractivity contribution in [2.24, 2.45) is 10.8 Å². The van der Waals surface area contributed by atoms with Crippen LogP contribution >= 0.6 is 0 Å². The molecule has 6 heteroatoms. The first-order valence-electron chi connectivity index (χ1n) is 7.80. The van der Waals surface area contributed by atoms with E-state index in [1.165, 1.54) is 12.3 Å². The van der Waals surface area contributed by atoms with Crippen LogP contribution in [0.4, 0.5) is 0 Å². The van der Waals surface area contributed by atoms with Gasteiger partial charge in [0.1, 0.15) is 0 Å². The minimum Gasteiger partial charge on any atom is -0.272 e. The van der Waals surface area contributed by atoms with Crippen LogP contribution in [0.1, 0.15) is 41.5 Å². The van der Waals surface area contributed by atoms with Crippen LogP contribution in [-0.2, 0) is 9.59 Å². The fourth-order valence-electron chi connectivity index (χ4n) is 2.16. The predicted molar refractivity (Wildman–Crippen MR) is 93.1 cm³/mol. The molecule has 0 N–H and O–H groups in total. The molecule has 2 amide bonds. The van der Waals surface area contributed by atoms with Gasteiger partial charge in [-0.1, -0.05) is 41.5 Å². The second-order valence-electron chi connectivity index (χ2n) is 7.82. The second-order valence-corrected chi connectivity index (χ2v) is 7.82. The number of amides is 2. The van der Waals surface area contributed by atoms with Gasteiger partial charge in [0, 0.05) is 28.5 Å². The molecule has 2 rings (SSSR count). The summed E-state index contributed by atoms with van der Waals surface area (Å²) in [6.07, 6.45) is 1.53. The molecule has 0 aromatic carbocycles. The Morgan fingerprint density at radius 1 is 0.958 bits per heavy atom. The number of pyridine rings is 2. The number of hydrogen-bond donors (Lipinski definition) is 0. The molecule has 0 bridgehead atoms. The monoisotopic (exact) mass is 329 g/mol. The van der Waals surface area contributed by atoms with Gasteiger partial charge in [0.2, 0.25) is 0 Å². The average Bonchev–Trinajstić information content (AvgIpc) is 2.47. The molecule has 24 heavy (non-hydrogen) atoms. The largest absolute Gasteiger partial charge is 0.272 e. The minimum absolute atomic E-state index is 0.278. The summed E-state index contributed by atoms with van der Waals surface area (Å²) in [5.74, 6) is -0.912. The SMILES string of the molecule is CC(C)(C)C(=O)N(C(=O)C(C)(C)C)n1c(=O)ccc2cccnc21. The Kier molecular flexibility index (Phi) is 4.35. The average molecular weight is 329 g/mol. The maximum absolute atomic E-state index is 13.0. The van der Waals surface area contributed by atoms with Crippen molar-refractivity contribution in [3.8, 4) is 0 Å². The smallest absolute Gasteiger partial charge is 0.271 e. The number of nitrogens with zero attached hydrogens (tertiary/aromatic N) is 3. The van der Waals surface area contributed by atoms with Crippen molar-refractivity contribution in [1.82, 2.24) is 9.66 Å². The van der Waals surface area contributed by atoms with Gasteiger partial charge in [0.15, 0.2) is 5.65 Å². The van der Waals surface area contributed by atoms with E-state index in [4.69, 9.17) is 0 Å². The molecule has 0 unspecified atom stereocenters. The number of aromatic nitrogens is 2. The lowest BCUT2D eigenvalue weighted by atomic mass is 9.91. The zero-order chi connectivity index (χ0) is 18.3. The van der Waals surface area contributed by atoms with Gasteiger partial charge in [-0.3, -0.25) is 14.4 Å². The number of fused-ring (bicyclic) bond motifs is 1. The van der Waals surface area contributed by atoms with Crippen LogP contribution in [0.2, 0.25) is 0 Å². The fraction of sp³-hybridized carbons (Fsp3) is 0.444. The van der Waals surface area contributed by atoms with Crippen LogP contribution in [0.5, 0.6) is 0 Å². The molecule has 2 heterocycles. The molecule has 0 aliphatic rings. The second kappa shape index (κ2) is 5.85. The summed E-state index contributed by atoms with van der Waals surface area (Å²) in [7, 11) is 0. The molecule has 0 atom stereocenters. The van der Waals surface area contributed by atoms with E-state index >= 15 is 0 Å². The third-order valence-corrected chi connectivity index (χ3v) is 3.50. The van der Waals surface area contributed by atoms with Gasteiger partial charge in [-0.25, -0.2) is 4.98 Å². The molecular weight excluding hydrogens is 306 g/mol. The van der Waals surface area contributed by atoms with Crippen LogP contribution in [0.3, 0.4) is 0 Å². The summed E-state index contributed by atoms with van der Waals surface area (Å²) in [6, 6.07) is 6.48. The van der Waals surface area contributed by atoms with Crippen molar-refractivity contribution >= 4 is 22.8 Å². The van der Waals surface area contributed by atoms with Gasteiger partial charge >= 0.3 is 0 Å². The molecule has 128 valence electrons. The van der Waals surface area contributed by atoms with Gasteiger partial charge in [0.05, 0.1) is 0 Å². The first kappa shape index (κ1) is 17.8. The third-order valence-electron chi connectivity index (χ3n) is 3.50. The highest BCUT2D eigenvalue weighted by atomic mass is 16.2. The van der Waals surface area contributed by atoms with Crippen molar-refractivity contribution < 1.29 is 9.59 Å². The van der Waals surface area contributed by atoms with E-state index in [1.807, 2.05) is 0 Å². The van der Waals surface area contributed by atoms with E-state index in [1.54, 1.807) is 59.7 Å². The molecule has 0 aliphatic carbocycles. The van der Waals surface area contributed by atoms with Crippen LogP contribution < -0.4 is 10.6 Å². The van der Waals surface area contributed by atoms with Gasteiger partial charge in [-0.05, 0) is 18.2 Å². The molecule has 0 fully saturated rings. The summed E-state index contributed by atoms with van der Waals surface area (Å²) < 4.78 is 1.08. The minimum atomic E-state index is -0.836. The van der Waals surface area contributed by atoms with Gasteiger partial charge in [-0.2, -0.15) is 9.69 Å². The predicted octanol–water partition coefficient (Wildman–Crippen LogP) is 2.48. The lowest BCUT2D eigenvalue weighted by Crippen LogP contribution is -2.57. The van der Waals surface area contributed by atoms with Gasteiger partial charge in [-0.15, -0.1) is 0 Å². The van der Waals surface area contributed by atoms with Crippen LogP contribution in [-0.4, -0.2) is 21.5 Å². The summed E-state index contributed by atoms with van der Waals surface area (Å²) >= 11 is 0. The molecule has 0 saturated carbocycles. The van der Waals surface area contributed by atoms with Crippen molar-refractivity contribution in [1.29, 1.82) is 0 Å². The molecule has 0 radical (unpaired) electrons. The van der Waals surface area contributed by atoms with E-state index in [2.05, 4.69) is 4.98 Å². The van der Waals surface area contributed by atoms with Crippen molar-refractivity contribution in [3.63, 3.8) is 0 Å². The van der Waals surface area contributed by atoms with E-state index in [0.29, 0.717) is 5.39 Å². The summed E-state index contributed by atoms with van der Waals surface area (Å²) in [5, 5.41) is 1.61. The van der Waals surface area contributed by atoms with Crippen LogP contribution in [0.15, 0.2) is 35.3 Å². The van der Waals surface area contributed by atoms with Crippen molar-refractivity contribution in [2.45, 2.75) is 41.5 Å². The molecule has 0 spiro atoms. The number of hydrogen-bond acceptors (Lipinski definition) is 4. The summed E-state index contributed by atoms with van der Waals surface area (Å²) in [5.41, 5.74) is -1.87. The van der Waals surface area contributed by atoms with Crippen LogP contribution in [0.25, 0.3) is 11.0 Å². The lowest BCUT2D eigenvalue weighted by molar-refractivity contribution is -0.137. The quantitative estimate of drug-likeness (QED) is 0.806. The zero-order valence-corrected chi connectivity index (χ0v) is 15.0. The van der Waals surface area contributed by atoms with Gasteiger partial charge in [0.25, 0.3) is 17.4 Å². The third kappa shape index (κ3) is 3.22. The lowest BCUT2D eigenvalue weighted by Gasteiger charge is -2.33. The number of carbonyl (C=O) groups excluding carboxylic acids is 2. The number of rotatable bonds is 1. The van der Waals surface area contributed by atoms with Crippen molar-refractivity contribution in [2.75, 3.05) is 5.01 Å². The molecule has 2 aromatic heterocycles. The molecular formula is C18H23N3O3. The number of imide groups is 1. The first-order chi connectivity index (χ1) is 10.9. The van der Waals surface area contributed by atoms with E-state index < -0.39 is 28.2 Å². The topological polar surface area (TPSA) is 72.3 Å². The Hall–Kier alpha value is -2.50.